The Balaban J connectivity index is 3.97. The van der Waals surface area contributed by atoms with Crippen molar-refractivity contribution in [3.05, 3.63) is 7.11 Å². The van der Waals surface area contributed by atoms with Gasteiger partial charge in [-0.15, -0.1) is 0 Å². The molecule has 0 aliphatic rings. The van der Waals surface area contributed by atoms with E-state index in [2.05, 4.69) is 27.8 Å². The number of carbonyl (C=O) groups is 1. The van der Waals surface area contributed by atoms with Crippen LogP contribution in [0.15, 0.2) is 0 Å². The van der Waals surface area contributed by atoms with E-state index in [1.807, 2.05) is 0 Å². The van der Waals surface area contributed by atoms with E-state index >= 15 is 0 Å². The van der Waals surface area contributed by atoms with Crippen LogP contribution in [0.3, 0.4) is 0 Å². The number of hydrogen-bond donors (Lipinski definition) is 0. The lowest BCUT2D eigenvalue weighted by molar-refractivity contribution is -0.147. The third kappa shape index (κ3) is 2.35. The van der Waals surface area contributed by atoms with E-state index in [-0.39, 0.29) is 5.97 Å². The first-order chi connectivity index (χ1) is 4.04. The Morgan fingerprint density at radius 1 is 1.78 bits per heavy atom. The second kappa shape index (κ2) is 3.20. The molecule has 0 aliphatic heterocycles. The molecule has 9 heavy (non-hydrogen) atoms. The molecule has 0 aliphatic carbocycles. The summed E-state index contributed by atoms with van der Waals surface area (Å²) in [7, 11) is 3.03. The van der Waals surface area contributed by atoms with Gasteiger partial charge in [0.25, 0.3) is 0 Å². The van der Waals surface area contributed by atoms with Crippen LogP contribution in [0.25, 0.3) is 0 Å². The van der Waals surface area contributed by atoms with Crippen molar-refractivity contribution in [1.82, 2.24) is 0 Å². The summed E-state index contributed by atoms with van der Waals surface area (Å²) in [6.45, 7) is 3.57. The Bertz CT molecular complexity index is 110. The van der Waals surface area contributed by atoms with Crippen LogP contribution < -0.4 is 0 Å². The molecule has 53 valence electrons. The van der Waals surface area contributed by atoms with Crippen molar-refractivity contribution in [1.29, 1.82) is 0 Å². The van der Waals surface area contributed by atoms with E-state index in [9.17, 15) is 4.79 Å². The van der Waals surface area contributed by atoms with Gasteiger partial charge in [0.15, 0.2) is 0 Å². The first-order valence-electron chi connectivity index (χ1n) is 2.57. The smallest absolute Gasteiger partial charge is 0.312 e. The van der Waals surface area contributed by atoms with Crippen LogP contribution >= 0.6 is 15.9 Å². The number of hydrogen-bond acceptors (Lipinski definition) is 2. The lowest BCUT2D eigenvalue weighted by Crippen LogP contribution is -2.26. The number of ether oxygens (including phenoxy) is 1. The van der Waals surface area contributed by atoms with Crippen LogP contribution in [0.2, 0.25) is 0 Å². The van der Waals surface area contributed by atoms with Crippen molar-refractivity contribution in [2.75, 3.05) is 5.33 Å². The molecule has 2 nitrogen and oxygen atoms in total. The van der Waals surface area contributed by atoms with Gasteiger partial charge in [0.1, 0.15) is 7.11 Å². The van der Waals surface area contributed by atoms with Gasteiger partial charge >= 0.3 is 5.97 Å². The highest BCUT2D eigenvalue weighted by atomic mass is 79.9. The minimum absolute atomic E-state index is 0.292. The third-order valence-corrected chi connectivity index (χ3v) is 2.42. The van der Waals surface area contributed by atoms with Crippen molar-refractivity contribution in [3.8, 4) is 0 Å². The molecule has 0 rings (SSSR count). The maximum Gasteiger partial charge on any atom is 0.312 e. The molecule has 0 amide bonds. The maximum absolute atomic E-state index is 10.7. The average Bonchev–Trinajstić information content (AvgIpc) is 1.86. The Hall–Kier alpha value is -0.0500. The summed E-state index contributed by atoms with van der Waals surface area (Å²) in [6.07, 6.45) is 0. The second-order valence-electron chi connectivity index (χ2n) is 2.45. The predicted molar refractivity (Wildman–Crippen MR) is 39.0 cm³/mol. The molecule has 3 heteroatoms. The lowest BCUT2D eigenvalue weighted by atomic mass is 9.97. The molecule has 0 bridgehead atoms. The van der Waals surface area contributed by atoms with Gasteiger partial charge in [-0.05, 0) is 13.8 Å². The molecule has 0 fully saturated rings. The molecule has 0 aromatic heterocycles. The molecule has 0 saturated carbocycles. The SMILES string of the molecule is [CH2]OC(=O)C(C)(C)CBr. The van der Waals surface area contributed by atoms with E-state index in [1.165, 1.54) is 0 Å². The first kappa shape index (κ1) is 8.95. The van der Waals surface area contributed by atoms with Crippen LogP contribution in [0.5, 0.6) is 0 Å². The zero-order valence-corrected chi connectivity index (χ0v) is 7.19. The Kier molecular flexibility index (Phi) is 3.18. The number of alkyl halides is 1. The van der Waals surface area contributed by atoms with Crippen molar-refractivity contribution in [2.45, 2.75) is 13.8 Å². The molecule has 0 N–H and O–H groups in total. The summed E-state index contributed by atoms with van der Waals surface area (Å²) in [4.78, 5) is 10.7. The second-order valence-corrected chi connectivity index (χ2v) is 3.01. The Morgan fingerprint density at radius 3 is 2.33 bits per heavy atom. The van der Waals surface area contributed by atoms with Gasteiger partial charge in [-0.1, -0.05) is 15.9 Å². The molecule has 0 atom stereocenters. The van der Waals surface area contributed by atoms with Gasteiger partial charge < -0.3 is 4.74 Å². The molecule has 0 spiro atoms. The van der Waals surface area contributed by atoms with Crippen molar-refractivity contribution < 1.29 is 9.53 Å². The van der Waals surface area contributed by atoms with E-state index < -0.39 is 5.41 Å². The van der Waals surface area contributed by atoms with E-state index in [0.717, 1.165) is 0 Å². The van der Waals surface area contributed by atoms with Crippen LogP contribution in [0.1, 0.15) is 13.8 Å². The Labute approximate surface area is 63.7 Å². The summed E-state index contributed by atoms with van der Waals surface area (Å²) in [5.41, 5.74) is -0.457. The standard InChI is InChI=1S/C6H10BrO2/c1-6(2,4-7)5(8)9-3/h3-4H2,1-2H3. The summed E-state index contributed by atoms with van der Waals surface area (Å²) in [5, 5.41) is 0.592. The van der Waals surface area contributed by atoms with E-state index in [1.54, 1.807) is 13.8 Å². The molecule has 0 heterocycles. The highest BCUT2D eigenvalue weighted by Gasteiger charge is 2.26. The first-order valence-corrected chi connectivity index (χ1v) is 3.69. The fourth-order valence-corrected chi connectivity index (χ4v) is 0.479. The van der Waals surface area contributed by atoms with Crippen molar-refractivity contribution in [2.24, 2.45) is 5.41 Å². The van der Waals surface area contributed by atoms with E-state index in [0.29, 0.717) is 5.33 Å². The average molecular weight is 194 g/mol. The zero-order valence-electron chi connectivity index (χ0n) is 5.61. The van der Waals surface area contributed by atoms with Crippen LogP contribution in [0.4, 0.5) is 0 Å². The molecule has 1 radical (unpaired) electrons. The monoisotopic (exact) mass is 193 g/mol. The zero-order chi connectivity index (χ0) is 7.49. The molecular weight excluding hydrogens is 184 g/mol. The van der Waals surface area contributed by atoms with Crippen LogP contribution in [0, 0.1) is 12.5 Å². The Morgan fingerprint density at radius 2 is 2.22 bits per heavy atom. The fourth-order valence-electron chi connectivity index (χ4n) is 0.250. The molecule has 0 saturated heterocycles. The van der Waals surface area contributed by atoms with Crippen LogP contribution in [-0.2, 0) is 9.53 Å². The van der Waals surface area contributed by atoms with Crippen molar-refractivity contribution in [3.63, 3.8) is 0 Å². The van der Waals surface area contributed by atoms with Gasteiger partial charge in [-0.25, -0.2) is 0 Å². The molecule has 0 unspecified atom stereocenters. The number of rotatable bonds is 2. The van der Waals surface area contributed by atoms with Gasteiger partial charge in [-0.2, -0.15) is 0 Å². The van der Waals surface area contributed by atoms with Crippen molar-refractivity contribution >= 4 is 21.9 Å². The van der Waals surface area contributed by atoms with Gasteiger partial charge in [0.2, 0.25) is 0 Å². The summed E-state index contributed by atoms with van der Waals surface area (Å²) < 4.78 is 4.29. The largest absolute Gasteiger partial charge is 0.462 e. The third-order valence-electron chi connectivity index (χ3n) is 1.02. The summed E-state index contributed by atoms with van der Waals surface area (Å²) in [6, 6.07) is 0. The highest BCUT2D eigenvalue weighted by molar-refractivity contribution is 9.09. The van der Waals surface area contributed by atoms with Gasteiger partial charge in [-0.3, -0.25) is 4.79 Å². The molecule has 0 aromatic carbocycles. The van der Waals surface area contributed by atoms with Gasteiger partial charge in [0.05, 0.1) is 5.41 Å². The normalized spacial score (nSPS) is 11.1. The van der Waals surface area contributed by atoms with E-state index in [4.69, 9.17) is 0 Å². The predicted octanol–water partition coefficient (Wildman–Crippen LogP) is 1.74. The minimum Gasteiger partial charge on any atom is -0.462 e. The fraction of sp³-hybridized carbons (Fsp3) is 0.667. The quantitative estimate of drug-likeness (QED) is 0.494. The number of halogens is 1. The topological polar surface area (TPSA) is 26.3 Å². The lowest BCUT2D eigenvalue weighted by Gasteiger charge is -2.16. The van der Waals surface area contributed by atoms with Crippen LogP contribution in [-0.4, -0.2) is 11.3 Å². The van der Waals surface area contributed by atoms with Gasteiger partial charge in [0, 0.05) is 5.33 Å². The summed E-state index contributed by atoms with van der Waals surface area (Å²) in [5.74, 6) is -0.292. The number of esters is 1. The maximum atomic E-state index is 10.7. The molecule has 0 aromatic rings. The minimum atomic E-state index is -0.457. The molecular formula is C6H10BrO2. The summed E-state index contributed by atoms with van der Waals surface area (Å²) >= 11 is 3.18. The number of carbonyl (C=O) groups excluding carboxylic acids is 1. The highest BCUT2D eigenvalue weighted by Crippen LogP contribution is 2.19.